The highest BCUT2D eigenvalue weighted by molar-refractivity contribution is 5.78. The van der Waals surface area contributed by atoms with Crippen LogP contribution in [-0.2, 0) is 16.0 Å². The normalized spacial score (nSPS) is 27.0. The van der Waals surface area contributed by atoms with Crippen molar-refractivity contribution in [2.45, 2.75) is 37.1 Å². The molecule has 1 aromatic heterocycles. The third kappa shape index (κ3) is 4.95. The Balaban J connectivity index is 1.47. The van der Waals surface area contributed by atoms with Gasteiger partial charge in [-0.1, -0.05) is 12.1 Å². The third-order valence-corrected chi connectivity index (χ3v) is 5.61. The van der Waals surface area contributed by atoms with Gasteiger partial charge >= 0.3 is 0 Å². The Labute approximate surface area is 174 Å². The molecule has 8 heteroatoms. The quantitative estimate of drug-likeness (QED) is 0.737. The second-order valence-electron chi connectivity index (χ2n) is 7.69. The molecule has 0 unspecified atom stereocenters. The van der Waals surface area contributed by atoms with E-state index in [0.717, 1.165) is 5.56 Å². The van der Waals surface area contributed by atoms with E-state index in [0.29, 0.717) is 38.5 Å². The average Bonchev–Trinajstić information content (AvgIpc) is 3.04. The number of carbonyl (C=O) groups is 1. The molecule has 1 amide bonds. The molecule has 2 fully saturated rings. The molecule has 4 rings (SSSR count). The number of aliphatic hydroxyl groups excluding tert-OH is 1. The van der Waals surface area contributed by atoms with Crippen molar-refractivity contribution in [2.24, 2.45) is 0 Å². The number of aromatic nitrogens is 1. The number of morpholine rings is 1. The van der Waals surface area contributed by atoms with Crippen molar-refractivity contribution in [1.82, 2.24) is 15.2 Å². The van der Waals surface area contributed by atoms with Crippen LogP contribution in [0.4, 0.5) is 4.39 Å². The molecule has 30 heavy (non-hydrogen) atoms. The minimum Gasteiger partial charge on any atom is -0.487 e. The van der Waals surface area contributed by atoms with E-state index in [2.05, 4.69) is 15.2 Å². The van der Waals surface area contributed by atoms with E-state index in [-0.39, 0.29) is 24.4 Å². The first kappa shape index (κ1) is 20.7. The van der Waals surface area contributed by atoms with E-state index >= 15 is 0 Å². The molecular weight excluding hydrogens is 389 g/mol. The number of halogens is 1. The number of nitrogens with one attached hydrogen (secondary N) is 1. The number of aliphatic hydroxyl groups is 1. The van der Waals surface area contributed by atoms with E-state index in [1.165, 1.54) is 12.1 Å². The molecule has 0 radical (unpaired) electrons. The summed E-state index contributed by atoms with van der Waals surface area (Å²) < 4.78 is 24.9. The van der Waals surface area contributed by atoms with Crippen molar-refractivity contribution >= 4 is 5.91 Å². The Bertz CT molecular complexity index is 847. The van der Waals surface area contributed by atoms with Gasteiger partial charge in [-0.15, -0.1) is 0 Å². The lowest BCUT2D eigenvalue weighted by atomic mass is 10.1. The zero-order valence-corrected chi connectivity index (χ0v) is 16.6. The largest absolute Gasteiger partial charge is 0.487 e. The van der Waals surface area contributed by atoms with Crippen LogP contribution in [-0.4, -0.2) is 71.5 Å². The molecule has 7 nitrogen and oxygen atoms in total. The molecule has 2 heterocycles. The minimum atomic E-state index is -0.824. The van der Waals surface area contributed by atoms with E-state index in [4.69, 9.17) is 9.47 Å². The Morgan fingerprint density at radius 1 is 1.30 bits per heavy atom. The molecule has 1 aliphatic heterocycles. The summed E-state index contributed by atoms with van der Waals surface area (Å²) in [5.41, 5.74) is 0.823. The lowest BCUT2D eigenvalue weighted by Gasteiger charge is -2.37. The van der Waals surface area contributed by atoms with Crippen molar-refractivity contribution in [3.05, 3.63) is 60.2 Å². The summed E-state index contributed by atoms with van der Waals surface area (Å²) in [7, 11) is 0. The van der Waals surface area contributed by atoms with Gasteiger partial charge in [-0.2, -0.15) is 0 Å². The highest BCUT2D eigenvalue weighted by Gasteiger charge is 2.47. The molecule has 2 aliphatic rings. The Kier molecular flexibility index (Phi) is 6.56. The van der Waals surface area contributed by atoms with Gasteiger partial charge in [-0.3, -0.25) is 14.7 Å². The first-order valence-corrected chi connectivity index (χ1v) is 10.2. The zero-order valence-electron chi connectivity index (χ0n) is 16.6. The first-order valence-electron chi connectivity index (χ1n) is 10.2. The maximum atomic E-state index is 13.5. The number of ether oxygens (including phenoxy) is 2. The fourth-order valence-electron chi connectivity index (χ4n) is 4.26. The first-order chi connectivity index (χ1) is 14.6. The average molecular weight is 415 g/mol. The van der Waals surface area contributed by atoms with Crippen molar-refractivity contribution in [1.29, 1.82) is 0 Å². The molecule has 1 aliphatic carbocycles. The summed E-state index contributed by atoms with van der Waals surface area (Å²) in [6.07, 6.45) is 2.60. The van der Waals surface area contributed by atoms with Gasteiger partial charge < -0.3 is 19.9 Å². The highest BCUT2D eigenvalue weighted by Crippen LogP contribution is 2.30. The smallest absolute Gasteiger partial charge is 0.224 e. The van der Waals surface area contributed by atoms with Gasteiger partial charge in [0, 0.05) is 38.0 Å². The number of hydrogen-bond acceptors (Lipinski definition) is 6. The van der Waals surface area contributed by atoms with Crippen molar-refractivity contribution in [3.8, 4) is 5.75 Å². The number of carbonyl (C=O) groups excluding carboxylic acids is 1. The molecule has 1 aromatic carbocycles. The maximum absolute atomic E-state index is 13.5. The Hall–Kier alpha value is -2.55. The molecule has 0 spiro atoms. The fourth-order valence-corrected chi connectivity index (χ4v) is 4.26. The zero-order chi connectivity index (χ0) is 20.9. The number of hydrogen-bond donors (Lipinski definition) is 2. The van der Waals surface area contributed by atoms with Gasteiger partial charge in [0.2, 0.25) is 5.91 Å². The van der Waals surface area contributed by atoms with Crippen molar-refractivity contribution in [3.63, 3.8) is 0 Å². The summed E-state index contributed by atoms with van der Waals surface area (Å²) in [5.74, 6) is -0.169. The van der Waals surface area contributed by atoms with E-state index in [1.807, 2.05) is 6.07 Å². The van der Waals surface area contributed by atoms with Gasteiger partial charge in [0.25, 0.3) is 0 Å². The predicted octanol–water partition coefficient (Wildman–Crippen LogP) is 1.16. The standard InChI is InChI=1S/C22H26FN3O4/c23-16-4-1-5-17(12-16)30-19-13-18(21(22(19)28)26-7-9-29-10-8-26)25-20(27)11-15-3-2-6-24-14-15/h1-6,12,14,18-19,21-22,28H,7-11,13H2,(H,25,27)/t18-,19-,21+,22+/m1/s1. The topological polar surface area (TPSA) is 83.9 Å². The predicted molar refractivity (Wildman–Crippen MR) is 107 cm³/mol. The summed E-state index contributed by atoms with van der Waals surface area (Å²) in [4.78, 5) is 18.8. The maximum Gasteiger partial charge on any atom is 0.224 e. The van der Waals surface area contributed by atoms with Gasteiger partial charge in [0.1, 0.15) is 23.8 Å². The number of amides is 1. The van der Waals surface area contributed by atoms with Gasteiger partial charge in [-0.05, 0) is 23.8 Å². The van der Waals surface area contributed by atoms with Crippen LogP contribution >= 0.6 is 0 Å². The molecule has 1 saturated carbocycles. The van der Waals surface area contributed by atoms with Crippen LogP contribution in [0.2, 0.25) is 0 Å². The van der Waals surface area contributed by atoms with Crippen LogP contribution < -0.4 is 10.1 Å². The minimum absolute atomic E-state index is 0.134. The third-order valence-electron chi connectivity index (χ3n) is 5.61. The number of nitrogens with zero attached hydrogens (tertiary/aromatic N) is 2. The molecular formula is C22H26FN3O4. The number of benzene rings is 1. The monoisotopic (exact) mass is 415 g/mol. The summed E-state index contributed by atoms with van der Waals surface area (Å²) in [5, 5.41) is 14.1. The van der Waals surface area contributed by atoms with Gasteiger partial charge in [0.05, 0.1) is 31.7 Å². The number of rotatable bonds is 6. The lowest BCUT2D eigenvalue weighted by molar-refractivity contribution is -0.121. The van der Waals surface area contributed by atoms with Crippen LogP contribution in [0.25, 0.3) is 0 Å². The van der Waals surface area contributed by atoms with E-state index in [1.54, 1.807) is 30.6 Å². The van der Waals surface area contributed by atoms with Crippen LogP contribution in [0.1, 0.15) is 12.0 Å². The second kappa shape index (κ2) is 9.51. The molecule has 160 valence electrons. The van der Waals surface area contributed by atoms with Crippen molar-refractivity contribution in [2.75, 3.05) is 26.3 Å². The van der Waals surface area contributed by atoms with Gasteiger partial charge in [-0.25, -0.2) is 4.39 Å². The molecule has 4 atom stereocenters. The second-order valence-corrected chi connectivity index (χ2v) is 7.69. The molecule has 1 saturated heterocycles. The van der Waals surface area contributed by atoms with Gasteiger partial charge in [0.15, 0.2) is 0 Å². The van der Waals surface area contributed by atoms with Crippen LogP contribution in [0, 0.1) is 5.82 Å². The Morgan fingerprint density at radius 2 is 2.13 bits per heavy atom. The molecule has 2 N–H and O–H groups in total. The lowest BCUT2D eigenvalue weighted by Crippen LogP contribution is -2.56. The highest BCUT2D eigenvalue weighted by atomic mass is 19.1. The van der Waals surface area contributed by atoms with Crippen LogP contribution in [0.3, 0.4) is 0 Å². The Morgan fingerprint density at radius 3 is 2.87 bits per heavy atom. The number of pyridine rings is 1. The van der Waals surface area contributed by atoms with E-state index < -0.39 is 18.0 Å². The SMILES string of the molecule is O=C(Cc1cccnc1)N[C@@H]1C[C@@H](Oc2cccc(F)c2)[C@H](O)[C@H]1N1CCOCC1. The summed E-state index contributed by atoms with van der Waals surface area (Å²) >= 11 is 0. The molecule has 0 bridgehead atoms. The molecule has 2 aromatic rings. The fraction of sp³-hybridized carbons (Fsp3) is 0.455. The summed E-state index contributed by atoms with van der Waals surface area (Å²) in [6.45, 7) is 2.50. The van der Waals surface area contributed by atoms with E-state index in [9.17, 15) is 14.3 Å². The van der Waals surface area contributed by atoms with Crippen LogP contribution in [0.5, 0.6) is 5.75 Å². The summed E-state index contributed by atoms with van der Waals surface area (Å²) in [6, 6.07) is 8.92. The van der Waals surface area contributed by atoms with Crippen molar-refractivity contribution < 1.29 is 23.8 Å². The van der Waals surface area contributed by atoms with Crippen LogP contribution in [0.15, 0.2) is 48.8 Å².